The van der Waals surface area contributed by atoms with Crippen molar-refractivity contribution in [1.29, 1.82) is 0 Å². The average molecular weight is 345 g/mol. The van der Waals surface area contributed by atoms with E-state index in [0.717, 1.165) is 21.9 Å². The van der Waals surface area contributed by atoms with E-state index >= 15 is 0 Å². The Labute approximate surface area is 124 Å². The minimum absolute atomic E-state index is 0.0664. The number of rotatable bonds is 3. The molecule has 1 heterocycles. The Hall–Kier alpha value is -1.27. The Morgan fingerprint density at radius 1 is 1.40 bits per heavy atom. The fraction of sp³-hybridized carbons (Fsp3) is 0.357. The topological polar surface area (TPSA) is 38.0 Å². The van der Waals surface area contributed by atoms with E-state index in [0.29, 0.717) is 0 Å². The molecule has 2 rings (SSSR count). The zero-order chi connectivity index (χ0) is 15.1. The molecule has 0 bridgehead atoms. The molecule has 0 fully saturated rings. The molecular weight excluding hydrogens is 330 g/mol. The molecule has 20 heavy (non-hydrogen) atoms. The van der Waals surface area contributed by atoms with Crippen molar-refractivity contribution >= 4 is 15.9 Å². The van der Waals surface area contributed by atoms with Gasteiger partial charge in [0.2, 0.25) is 0 Å². The van der Waals surface area contributed by atoms with Gasteiger partial charge in [-0.1, -0.05) is 12.1 Å². The second kappa shape index (κ2) is 5.26. The van der Waals surface area contributed by atoms with Crippen LogP contribution in [0.25, 0.3) is 0 Å². The monoisotopic (exact) mass is 344 g/mol. The van der Waals surface area contributed by atoms with Crippen LogP contribution in [-0.4, -0.2) is 14.9 Å². The van der Waals surface area contributed by atoms with Crippen molar-refractivity contribution in [2.75, 3.05) is 0 Å². The number of nitrogens with zero attached hydrogens (tertiary/aromatic N) is 2. The maximum Gasteiger partial charge on any atom is 0.164 e. The number of halogens is 3. The summed E-state index contributed by atoms with van der Waals surface area (Å²) in [7, 11) is 1.74. The van der Waals surface area contributed by atoms with Crippen LogP contribution < -0.4 is 0 Å². The van der Waals surface area contributed by atoms with Crippen molar-refractivity contribution in [3.63, 3.8) is 0 Å². The lowest BCUT2D eigenvalue weighted by atomic mass is 9.90. The minimum atomic E-state index is -1.53. The lowest BCUT2D eigenvalue weighted by Gasteiger charge is -2.24. The molecule has 0 saturated carbocycles. The molecular formula is C14H15BrF2N2O. The van der Waals surface area contributed by atoms with Crippen LogP contribution in [0, 0.1) is 18.6 Å². The van der Waals surface area contributed by atoms with E-state index in [4.69, 9.17) is 0 Å². The zero-order valence-electron chi connectivity index (χ0n) is 11.4. The van der Waals surface area contributed by atoms with Crippen LogP contribution in [0.1, 0.15) is 23.9 Å². The first kappa shape index (κ1) is 15.1. The van der Waals surface area contributed by atoms with E-state index < -0.39 is 17.2 Å². The van der Waals surface area contributed by atoms with E-state index in [1.165, 1.54) is 19.1 Å². The van der Waals surface area contributed by atoms with Crippen LogP contribution in [0.15, 0.2) is 22.7 Å². The third kappa shape index (κ3) is 2.62. The molecule has 0 radical (unpaired) electrons. The molecule has 1 N–H and O–H groups in total. The van der Waals surface area contributed by atoms with E-state index in [9.17, 15) is 13.9 Å². The number of hydrogen-bond acceptors (Lipinski definition) is 2. The normalized spacial score (nSPS) is 14.3. The van der Waals surface area contributed by atoms with Gasteiger partial charge in [-0.15, -0.1) is 0 Å². The molecule has 0 aliphatic heterocycles. The lowest BCUT2D eigenvalue weighted by Crippen LogP contribution is -2.27. The number of benzene rings is 1. The molecule has 2 aromatic rings. The highest BCUT2D eigenvalue weighted by atomic mass is 79.9. The summed E-state index contributed by atoms with van der Waals surface area (Å²) < 4.78 is 29.5. The minimum Gasteiger partial charge on any atom is -0.385 e. The van der Waals surface area contributed by atoms with Gasteiger partial charge < -0.3 is 5.11 Å². The molecule has 1 unspecified atom stereocenters. The smallest absolute Gasteiger partial charge is 0.164 e. The maximum absolute atomic E-state index is 13.8. The Balaban J connectivity index is 2.43. The zero-order valence-corrected chi connectivity index (χ0v) is 13.0. The van der Waals surface area contributed by atoms with Crippen LogP contribution >= 0.6 is 15.9 Å². The van der Waals surface area contributed by atoms with Crippen LogP contribution in [0.2, 0.25) is 0 Å². The molecule has 6 heteroatoms. The van der Waals surface area contributed by atoms with Crippen LogP contribution in [0.5, 0.6) is 0 Å². The average Bonchev–Trinajstić information content (AvgIpc) is 2.59. The number of aliphatic hydroxyl groups is 1. The molecule has 0 amide bonds. The first-order chi connectivity index (χ1) is 9.24. The standard InChI is InChI=1S/C14H15BrF2N2O/c1-8-12(15)11(19(3)18-8)7-14(2,20)9-5-4-6-10(16)13(9)17/h4-6,20H,7H2,1-3H3. The quantitative estimate of drug-likeness (QED) is 0.928. The molecule has 1 atom stereocenters. The van der Waals surface area contributed by atoms with Crippen LogP contribution in [-0.2, 0) is 19.1 Å². The van der Waals surface area contributed by atoms with Gasteiger partial charge in [-0.05, 0) is 35.8 Å². The van der Waals surface area contributed by atoms with Crippen molar-refractivity contribution in [1.82, 2.24) is 9.78 Å². The van der Waals surface area contributed by atoms with Gasteiger partial charge in [-0.2, -0.15) is 5.10 Å². The number of aromatic nitrogens is 2. The molecule has 108 valence electrons. The van der Waals surface area contributed by atoms with Gasteiger partial charge >= 0.3 is 0 Å². The van der Waals surface area contributed by atoms with Gasteiger partial charge in [0.25, 0.3) is 0 Å². The Morgan fingerprint density at radius 2 is 2.05 bits per heavy atom. The van der Waals surface area contributed by atoms with Crippen LogP contribution in [0.4, 0.5) is 8.78 Å². The van der Waals surface area contributed by atoms with E-state index in [1.807, 2.05) is 6.92 Å². The van der Waals surface area contributed by atoms with E-state index in [1.54, 1.807) is 11.7 Å². The Bertz CT molecular complexity index is 653. The first-order valence-corrected chi connectivity index (χ1v) is 6.88. The predicted molar refractivity (Wildman–Crippen MR) is 75.3 cm³/mol. The molecule has 1 aromatic heterocycles. The molecule has 0 saturated heterocycles. The second-order valence-corrected chi connectivity index (χ2v) is 5.81. The third-order valence-electron chi connectivity index (χ3n) is 3.31. The van der Waals surface area contributed by atoms with Gasteiger partial charge in [0.05, 0.1) is 21.5 Å². The van der Waals surface area contributed by atoms with Crippen molar-refractivity contribution in [3.05, 3.63) is 51.3 Å². The van der Waals surface area contributed by atoms with Gasteiger partial charge in [0.1, 0.15) is 0 Å². The molecule has 0 aliphatic carbocycles. The van der Waals surface area contributed by atoms with E-state index in [-0.39, 0.29) is 12.0 Å². The third-order valence-corrected chi connectivity index (χ3v) is 4.34. The fourth-order valence-electron chi connectivity index (χ4n) is 2.21. The summed E-state index contributed by atoms with van der Waals surface area (Å²) >= 11 is 3.40. The van der Waals surface area contributed by atoms with Crippen LogP contribution in [0.3, 0.4) is 0 Å². The first-order valence-electron chi connectivity index (χ1n) is 6.09. The highest BCUT2D eigenvalue weighted by molar-refractivity contribution is 9.10. The number of aryl methyl sites for hydroxylation is 2. The fourth-order valence-corrected chi connectivity index (χ4v) is 2.69. The van der Waals surface area contributed by atoms with Crippen molar-refractivity contribution in [2.45, 2.75) is 25.9 Å². The second-order valence-electron chi connectivity index (χ2n) is 5.02. The Kier molecular flexibility index (Phi) is 3.97. The molecule has 0 aliphatic rings. The SMILES string of the molecule is Cc1nn(C)c(CC(C)(O)c2cccc(F)c2F)c1Br. The summed E-state index contributed by atoms with van der Waals surface area (Å²) in [6, 6.07) is 3.79. The highest BCUT2D eigenvalue weighted by Crippen LogP contribution is 2.31. The van der Waals surface area contributed by atoms with Gasteiger partial charge in [-0.25, -0.2) is 8.78 Å². The van der Waals surface area contributed by atoms with Gasteiger partial charge in [0.15, 0.2) is 11.6 Å². The highest BCUT2D eigenvalue weighted by Gasteiger charge is 2.30. The summed E-state index contributed by atoms with van der Waals surface area (Å²) in [4.78, 5) is 0. The number of hydrogen-bond donors (Lipinski definition) is 1. The van der Waals surface area contributed by atoms with Crippen molar-refractivity contribution < 1.29 is 13.9 Å². The summed E-state index contributed by atoms with van der Waals surface area (Å²) in [5, 5.41) is 14.8. The molecule has 1 aromatic carbocycles. The lowest BCUT2D eigenvalue weighted by molar-refractivity contribution is 0.0509. The Morgan fingerprint density at radius 3 is 2.60 bits per heavy atom. The van der Waals surface area contributed by atoms with Gasteiger partial charge in [-0.3, -0.25) is 4.68 Å². The molecule has 0 spiro atoms. The summed E-state index contributed by atoms with van der Waals surface area (Å²) in [5.41, 5.74) is -0.105. The van der Waals surface area contributed by atoms with Crippen molar-refractivity contribution in [3.8, 4) is 0 Å². The van der Waals surface area contributed by atoms with Crippen molar-refractivity contribution in [2.24, 2.45) is 7.05 Å². The summed E-state index contributed by atoms with van der Waals surface area (Å²) in [5.74, 6) is -1.99. The molecule has 3 nitrogen and oxygen atoms in total. The predicted octanol–water partition coefficient (Wildman–Crippen LogP) is 3.22. The summed E-state index contributed by atoms with van der Waals surface area (Å²) in [6.07, 6.45) is 0.116. The maximum atomic E-state index is 13.8. The van der Waals surface area contributed by atoms with Gasteiger partial charge in [0, 0.05) is 19.0 Å². The largest absolute Gasteiger partial charge is 0.385 e. The summed E-state index contributed by atoms with van der Waals surface area (Å²) in [6.45, 7) is 3.28. The van der Waals surface area contributed by atoms with E-state index in [2.05, 4.69) is 21.0 Å².